The molecule has 0 spiro atoms. The second-order valence-electron chi connectivity index (χ2n) is 11.5. The molecule has 0 fully saturated rings. The van der Waals surface area contributed by atoms with Crippen LogP contribution in [0, 0.1) is 0 Å². The minimum atomic E-state index is -5.10. The van der Waals surface area contributed by atoms with Crippen molar-refractivity contribution in [2.24, 2.45) is 20.5 Å². The third kappa shape index (κ3) is 7.44. The number of alkyl halides is 6. The summed E-state index contributed by atoms with van der Waals surface area (Å²) in [5, 5.41) is 15.6. The van der Waals surface area contributed by atoms with Gasteiger partial charge in [-0.3, -0.25) is 9.11 Å². The lowest BCUT2D eigenvalue weighted by molar-refractivity contribution is -0.138. The Labute approximate surface area is 301 Å². The van der Waals surface area contributed by atoms with E-state index in [9.17, 15) is 52.3 Å². The fraction of sp³-hybridized carbons (Fsp3) is 0.0588. The maximum absolute atomic E-state index is 14.3. The van der Waals surface area contributed by atoms with Gasteiger partial charge < -0.3 is 11.5 Å². The first-order valence-electron chi connectivity index (χ1n) is 15.0. The van der Waals surface area contributed by atoms with Crippen LogP contribution in [-0.4, -0.2) is 25.9 Å². The Morgan fingerprint density at radius 2 is 0.778 bits per heavy atom. The number of fused-ring (bicyclic) bond motifs is 2. The standard InChI is InChI=1S/C34H22F6N6O6S2/c35-33(36,37)23-13-17(9-11-25(23)43-45-27-15-29(53(47,48)49)31(41)21-7-3-1-5-19(21)27)18-10-12-26(24(14-18)34(38,39)40)44-46-28-16-30(54(50,51)52)32(42)22-8-4-2-6-20(22)28/h1-16H,41-42H2,(H,47,48,49)(H,50,51,52)/b45-43+,46-44+. The van der Waals surface area contributed by atoms with Gasteiger partial charge in [-0.05, 0) is 47.5 Å². The summed E-state index contributed by atoms with van der Waals surface area (Å²) in [6, 6.07) is 18.3. The van der Waals surface area contributed by atoms with Crippen LogP contribution in [0.4, 0.5) is 60.5 Å². The predicted molar refractivity (Wildman–Crippen MR) is 187 cm³/mol. The molecule has 0 heterocycles. The Morgan fingerprint density at radius 1 is 0.463 bits per heavy atom. The second-order valence-corrected chi connectivity index (χ2v) is 14.3. The molecule has 0 amide bonds. The zero-order valence-electron chi connectivity index (χ0n) is 26.8. The minimum absolute atomic E-state index is 0.112. The SMILES string of the molecule is Nc1c(S(=O)(=O)O)cc(/N=N/c2ccc(-c3ccc(/N=N/c4cc(S(=O)(=O)O)c(N)c5ccccc45)c(C(F)(F)F)c3)cc2C(F)(F)F)c2ccccc12. The number of hydrogen-bond donors (Lipinski definition) is 4. The predicted octanol–water partition coefficient (Wildman–Crippen LogP) is 10.2. The van der Waals surface area contributed by atoms with Crippen molar-refractivity contribution < 1.29 is 52.3 Å². The van der Waals surface area contributed by atoms with Gasteiger partial charge in [0.2, 0.25) is 0 Å². The van der Waals surface area contributed by atoms with Crippen LogP contribution in [0.1, 0.15) is 11.1 Å². The maximum Gasteiger partial charge on any atom is 0.418 e. The molecule has 0 atom stereocenters. The number of hydrogen-bond acceptors (Lipinski definition) is 10. The fourth-order valence-corrected chi connectivity index (χ4v) is 6.87. The highest BCUT2D eigenvalue weighted by molar-refractivity contribution is 7.86. The number of halogens is 6. The highest BCUT2D eigenvalue weighted by Crippen LogP contribution is 2.44. The second kappa shape index (κ2) is 13.5. The van der Waals surface area contributed by atoms with E-state index in [4.69, 9.17) is 11.5 Å². The lowest BCUT2D eigenvalue weighted by Gasteiger charge is -2.14. The van der Waals surface area contributed by atoms with Crippen molar-refractivity contribution in [3.63, 3.8) is 0 Å². The Morgan fingerprint density at radius 3 is 1.09 bits per heavy atom. The molecule has 6 aromatic carbocycles. The summed E-state index contributed by atoms with van der Waals surface area (Å²) in [7, 11) is -9.77. The molecule has 20 heteroatoms. The molecule has 0 unspecified atom stereocenters. The van der Waals surface area contributed by atoms with Crippen LogP contribution in [0.2, 0.25) is 0 Å². The van der Waals surface area contributed by atoms with E-state index in [1.165, 1.54) is 48.5 Å². The van der Waals surface area contributed by atoms with Gasteiger partial charge in [0.25, 0.3) is 20.2 Å². The molecule has 54 heavy (non-hydrogen) atoms. The van der Waals surface area contributed by atoms with E-state index in [1.54, 1.807) is 0 Å². The molecule has 12 nitrogen and oxygen atoms in total. The molecule has 0 radical (unpaired) electrons. The monoisotopic (exact) mass is 788 g/mol. The third-order valence-corrected chi connectivity index (χ3v) is 9.86. The van der Waals surface area contributed by atoms with Gasteiger partial charge in [0.15, 0.2) is 0 Å². The van der Waals surface area contributed by atoms with E-state index >= 15 is 0 Å². The number of nitrogens with two attached hydrogens (primary N) is 2. The molecule has 0 aliphatic rings. The Kier molecular flexibility index (Phi) is 9.42. The van der Waals surface area contributed by atoms with E-state index in [2.05, 4.69) is 20.5 Å². The van der Waals surface area contributed by atoms with Gasteiger partial charge in [-0.15, -0.1) is 20.5 Å². The van der Waals surface area contributed by atoms with Crippen molar-refractivity contribution in [2.75, 3.05) is 11.5 Å². The molecule has 6 aromatic rings. The number of nitrogens with zero attached hydrogens (tertiary/aromatic N) is 4. The highest BCUT2D eigenvalue weighted by Gasteiger charge is 2.36. The molecule has 0 saturated heterocycles. The van der Waals surface area contributed by atoms with E-state index in [-0.39, 0.29) is 55.4 Å². The first-order valence-corrected chi connectivity index (χ1v) is 17.9. The molecule has 0 aromatic heterocycles. The summed E-state index contributed by atoms with van der Waals surface area (Å²) < 4.78 is 153. The molecular weight excluding hydrogens is 767 g/mol. The minimum Gasteiger partial charge on any atom is -0.397 e. The largest absolute Gasteiger partial charge is 0.418 e. The first kappa shape index (κ1) is 37.8. The molecule has 6 N–H and O–H groups in total. The molecule has 0 saturated carbocycles. The lowest BCUT2D eigenvalue weighted by Crippen LogP contribution is -2.07. The van der Waals surface area contributed by atoms with Crippen molar-refractivity contribution in [3.8, 4) is 11.1 Å². The van der Waals surface area contributed by atoms with Crippen molar-refractivity contribution in [2.45, 2.75) is 22.1 Å². The van der Waals surface area contributed by atoms with Crippen molar-refractivity contribution in [1.82, 2.24) is 0 Å². The van der Waals surface area contributed by atoms with Gasteiger partial charge in [-0.1, -0.05) is 60.7 Å². The smallest absolute Gasteiger partial charge is 0.397 e. The van der Waals surface area contributed by atoms with Crippen LogP contribution >= 0.6 is 0 Å². The van der Waals surface area contributed by atoms with Gasteiger partial charge in [0, 0.05) is 21.5 Å². The molecule has 0 aliphatic heterocycles. The van der Waals surface area contributed by atoms with Gasteiger partial charge >= 0.3 is 12.4 Å². The summed E-state index contributed by atoms with van der Waals surface area (Å²) in [6.07, 6.45) is -10.2. The number of azo groups is 2. The van der Waals surface area contributed by atoms with E-state index in [1.807, 2.05) is 0 Å². The zero-order chi connectivity index (χ0) is 39.4. The van der Waals surface area contributed by atoms with Crippen LogP contribution in [0.5, 0.6) is 0 Å². The molecular formula is C34H22F6N6O6S2. The van der Waals surface area contributed by atoms with E-state index in [0.29, 0.717) is 12.1 Å². The quantitative estimate of drug-likeness (QED) is 0.0528. The van der Waals surface area contributed by atoms with Gasteiger partial charge in [0.05, 0.1) is 45.3 Å². The Balaban J connectivity index is 1.43. The van der Waals surface area contributed by atoms with Crippen LogP contribution in [-0.2, 0) is 32.6 Å². The van der Waals surface area contributed by atoms with Crippen molar-refractivity contribution in [1.29, 1.82) is 0 Å². The van der Waals surface area contributed by atoms with Crippen molar-refractivity contribution in [3.05, 3.63) is 108 Å². The molecule has 6 rings (SSSR count). The Bertz CT molecular complexity index is 2600. The van der Waals surface area contributed by atoms with E-state index < -0.39 is 64.9 Å². The van der Waals surface area contributed by atoms with Gasteiger partial charge in [0.1, 0.15) is 9.79 Å². The Hall–Kier alpha value is -5.96. The molecule has 0 bridgehead atoms. The average molecular weight is 789 g/mol. The molecule has 0 aliphatic carbocycles. The first-order chi connectivity index (χ1) is 25.1. The average Bonchev–Trinajstić information content (AvgIpc) is 3.09. The van der Waals surface area contributed by atoms with Gasteiger partial charge in [-0.25, -0.2) is 0 Å². The molecule has 278 valence electrons. The van der Waals surface area contributed by atoms with Crippen molar-refractivity contribution >= 4 is 75.9 Å². The third-order valence-electron chi connectivity index (χ3n) is 8.08. The summed E-state index contributed by atoms with van der Waals surface area (Å²) in [6.45, 7) is 0. The summed E-state index contributed by atoms with van der Waals surface area (Å²) in [4.78, 5) is -1.51. The number of nitrogen functional groups attached to an aromatic ring is 2. The fourth-order valence-electron chi connectivity index (χ4n) is 5.57. The van der Waals surface area contributed by atoms with Crippen LogP contribution in [0.25, 0.3) is 32.7 Å². The summed E-state index contributed by atoms with van der Waals surface area (Å²) >= 11 is 0. The number of anilines is 2. The van der Waals surface area contributed by atoms with Crippen LogP contribution < -0.4 is 11.5 Å². The van der Waals surface area contributed by atoms with Crippen LogP contribution in [0.3, 0.4) is 0 Å². The lowest BCUT2D eigenvalue weighted by atomic mass is 9.99. The summed E-state index contributed by atoms with van der Waals surface area (Å²) in [5.41, 5.74) is 5.62. The zero-order valence-corrected chi connectivity index (χ0v) is 28.4. The normalized spacial score (nSPS) is 13.1. The van der Waals surface area contributed by atoms with Crippen LogP contribution in [0.15, 0.2) is 127 Å². The topological polar surface area (TPSA) is 210 Å². The van der Waals surface area contributed by atoms with Gasteiger partial charge in [-0.2, -0.15) is 43.2 Å². The number of rotatable bonds is 7. The summed E-state index contributed by atoms with van der Waals surface area (Å²) in [5.74, 6) is 0. The maximum atomic E-state index is 14.3. The van der Waals surface area contributed by atoms with E-state index in [0.717, 1.165) is 36.4 Å². The number of benzene rings is 6. The highest BCUT2D eigenvalue weighted by atomic mass is 32.2.